The molecule has 0 aliphatic carbocycles. The molecular formula is C15H11ClFN3O. The van der Waals surface area contributed by atoms with Gasteiger partial charge in [0.25, 0.3) is 5.89 Å². The van der Waals surface area contributed by atoms with Crippen LogP contribution in [0.1, 0.15) is 11.4 Å². The first-order valence-electron chi connectivity index (χ1n) is 6.25. The fourth-order valence-electron chi connectivity index (χ4n) is 1.93. The molecule has 0 unspecified atom stereocenters. The standard InChI is InChI=1S/C15H11ClFN3O/c16-12-2-1-3-13(17)11(12)8-14-19-15(21-20-14)9-4-6-10(18)7-5-9/h1-7H,8,18H2. The van der Waals surface area contributed by atoms with Gasteiger partial charge in [-0.3, -0.25) is 0 Å². The molecule has 0 spiro atoms. The Hall–Kier alpha value is -2.40. The fraction of sp³-hybridized carbons (Fsp3) is 0.0667. The fourth-order valence-corrected chi connectivity index (χ4v) is 2.16. The molecule has 6 heteroatoms. The van der Waals surface area contributed by atoms with Crippen molar-refractivity contribution >= 4 is 17.3 Å². The normalized spacial score (nSPS) is 10.8. The highest BCUT2D eigenvalue weighted by atomic mass is 35.5. The number of nitrogen functional groups attached to an aromatic ring is 1. The minimum Gasteiger partial charge on any atom is -0.399 e. The molecule has 106 valence electrons. The molecule has 3 rings (SSSR count). The van der Waals surface area contributed by atoms with Crippen molar-refractivity contribution in [1.29, 1.82) is 0 Å². The van der Waals surface area contributed by atoms with E-state index >= 15 is 0 Å². The summed E-state index contributed by atoms with van der Waals surface area (Å²) in [7, 11) is 0. The van der Waals surface area contributed by atoms with Gasteiger partial charge < -0.3 is 10.3 Å². The zero-order valence-electron chi connectivity index (χ0n) is 10.9. The molecule has 0 aliphatic heterocycles. The average molecular weight is 304 g/mol. The van der Waals surface area contributed by atoms with E-state index < -0.39 is 0 Å². The lowest BCUT2D eigenvalue weighted by molar-refractivity contribution is 0.423. The van der Waals surface area contributed by atoms with E-state index in [0.29, 0.717) is 28.0 Å². The molecule has 0 radical (unpaired) electrons. The highest BCUT2D eigenvalue weighted by Gasteiger charge is 2.13. The molecule has 0 saturated carbocycles. The predicted octanol–water partition coefficient (Wildman–Crippen LogP) is 3.70. The van der Waals surface area contributed by atoms with Gasteiger partial charge in [0.15, 0.2) is 5.82 Å². The van der Waals surface area contributed by atoms with Crippen LogP contribution in [0.5, 0.6) is 0 Å². The topological polar surface area (TPSA) is 64.9 Å². The Labute approximate surface area is 125 Å². The van der Waals surface area contributed by atoms with Crippen molar-refractivity contribution in [3.05, 3.63) is 64.7 Å². The monoisotopic (exact) mass is 303 g/mol. The molecule has 2 aromatic carbocycles. The van der Waals surface area contributed by atoms with Gasteiger partial charge in [0.05, 0.1) is 0 Å². The van der Waals surface area contributed by atoms with Gasteiger partial charge in [0.2, 0.25) is 0 Å². The first kappa shape index (κ1) is 13.6. The number of nitrogens with two attached hydrogens (primary N) is 1. The summed E-state index contributed by atoms with van der Waals surface area (Å²) in [4.78, 5) is 4.24. The van der Waals surface area contributed by atoms with Crippen LogP contribution in [-0.2, 0) is 6.42 Å². The first-order chi connectivity index (χ1) is 10.1. The van der Waals surface area contributed by atoms with E-state index in [1.54, 1.807) is 36.4 Å². The third-order valence-electron chi connectivity index (χ3n) is 3.02. The molecule has 3 aromatic rings. The van der Waals surface area contributed by atoms with Crippen LogP contribution in [0.15, 0.2) is 47.0 Å². The molecule has 0 bridgehead atoms. The van der Waals surface area contributed by atoms with Crippen molar-refractivity contribution in [2.45, 2.75) is 6.42 Å². The number of halogens is 2. The minimum absolute atomic E-state index is 0.171. The third kappa shape index (κ3) is 2.87. The van der Waals surface area contributed by atoms with Crippen LogP contribution in [0.2, 0.25) is 5.02 Å². The molecule has 1 aromatic heterocycles. The van der Waals surface area contributed by atoms with Crippen molar-refractivity contribution in [2.24, 2.45) is 0 Å². The zero-order chi connectivity index (χ0) is 14.8. The second kappa shape index (κ2) is 5.54. The van der Waals surface area contributed by atoms with Crippen molar-refractivity contribution in [3.8, 4) is 11.5 Å². The number of nitrogens with zero attached hydrogens (tertiary/aromatic N) is 2. The number of aromatic nitrogens is 2. The Kier molecular flexibility index (Phi) is 3.58. The number of rotatable bonds is 3. The zero-order valence-corrected chi connectivity index (χ0v) is 11.6. The number of hydrogen-bond acceptors (Lipinski definition) is 4. The Balaban J connectivity index is 1.87. The summed E-state index contributed by atoms with van der Waals surface area (Å²) in [5.74, 6) is 0.340. The maximum atomic E-state index is 13.7. The predicted molar refractivity (Wildman–Crippen MR) is 78.4 cm³/mol. The van der Waals surface area contributed by atoms with Gasteiger partial charge in [-0.25, -0.2) is 4.39 Å². The van der Waals surface area contributed by atoms with Gasteiger partial charge >= 0.3 is 0 Å². The average Bonchev–Trinajstić information content (AvgIpc) is 2.92. The minimum atomic E-state index is -0.388. The summed E-state index contributed by atoms with van der Waals surface area (Å²) in [6.45, 7) is 0. The van der Waals surface area contributed by atoms with Crippen molar-refractivity contribution < 1.29 is 8.91 Å². The Morgan fingerprint density at radius 3 is 2.62 bits per heavy atom. The molecular weight excluding hydrogens is 293 g/mol. The summed E-state index contributed by atoms with van der Waals surface area (Å²) < 4.78 is 18.9. The van der Waals surface area contributed by atoms with Crippen LogP contribution >= 0.6 is 11.6 Å². The lowest BCUT2D eigenvalue weighted by Crippen LogP contribution is -1.96. The molecule has 2 N–H and O–H groups in total. The van der Waals surface area contributed by atoms with Gasteiger partial charge in [-0.05, 0) is 36.4 Å². The number of hydrogen-bond donors (Lipinski definition) is 1. The molecule has 1 heterocycles. The molecule has 0 saturated heterocycles. The van der Waals surface area contributed by atoms with Crippen molar-refractivity contribution in [1.82, 2.24) is 10.1 Å². The van der Waals surface area contributed by atoms with E-state index in [2.05, 4.69) is 10.1 Å². The van der Waals surface area contributed by atoms with Gasteiger partial charge in [-0.1, -0.05) is 22.8 Å². The second-order valence-corrected chi connectivity index (χ2v) is 4.92. The third-order valence-corrected chi connectivity index (χ3v) is 3.38. The molecule has 0 atom stereocenters. The highest BCUT2D eigenvalue weighted by Crippen LogP contribution is 2.23. The van der Waals surface area contributed by atoms with Crippen LogP contribution in [0.3, 0.4) is 0 Å². The highest BCUT2D eigenvalue weighted by molar-refractivity contribution is 6.31. The molecule has 0 fully saturated rings. The van der Waals surface area contributed by atoms with Crippen LogP contribution in [0, 0.1) is 5.82 Å². The second-order valence-electron chi connectivity index (χ2n) is 4.51. The summed E-state index contributed by atoms with van der Waals surface area (Å²) in [6, 6.07) is 11.6. The van der Waals surface area contributed by atoms with Gasteiger partial charge in [-0.2, -0.15) is 4.98 Å². The first-order valence-corrected chi connectivity index (χ1v) is 6.62. The van der Waals surface area contributed by atoms with E-state index in [1.807, 2.05) is 0 Å². The summed E-state index contributed by atoms with van der Waals surface area (Å²) in [6.07, 6.45) is 0.171. The van der Waals surface area contributed by atoms with E-state index in [9.17, 15) is 4.39 Å². The summed E-state index contributed by atoms with van der Waals surface area (Å²) in [5, 5.41) is 4.19. The van der Waals surface area contributed by atoms with E-state index in [0.717, 1.165) is 5.56 Å². The summed E-state index contributed by atoms with van der Waals surface area (Å²) in [5.41, 5.74) is 7.38. The van der Waals surface area contributed by atoms with E-state index in [1.165, 1.54) is 6.07 Å². The number of benzene rings is 2. The SMILES string of the molecule is Nc1ccc(-c2nc(Cc3c(F)cccc3Cl)no2)cc1. The van der Waals surface area contributed by atoms with Crippen LogP contribution in [0.25, 0.3) is 11.5 Å². The van der Waals surface area contributed by atoms with E-state index in [4.69, 9.17) is 21.9 Å². The Morgan fingerprint density at radius 2 is 1.90 bits per heavy atom. The van der Waals surface area contributed by atoms with Crippen LogP contribution in [0.4, 0.5) is 10.1 Å². The molecule has 21 heavy (non-hydrogen) atoms. The van der Waals surface area contributed by atoms with Crippen molar-refractivity contribution in [2.75, 3.05) is 5.73 Å². The summed E-state index contributed by atoms with van der Waals surface area (Å²) >= 11 is 5.98. The maximum absolute atomic E-state index is 13.7. The molecule has 4 nitrogen and oxygen atoms in total. The van der Waals surface area contributed by atoms with Gasteiger partial charge in [0, 0.05) is 28.3 Å². The molecule has 0 aliphatic rings. The van der Waals surface area contributed by atoms with Crippen molar-refractivity contribution in [3.63, 3.8) is 0 Å². The largest absolute Gasteiger partial charge is 0.399 e. The van der Waals surface area contributed by atoms with E-state index in [-0.39, 0.29) is 12.2 Å². The van der Waals surface area contributed by atoms with Gasteiger partial charge in [-0.15, -0.1) is 0 Å². The maximum Gasteiger partial charge on any atom is 0.257 e. The lowest BCUT2D eigenvalue weighted by atomic mass is 10.1. The number of anilines is 1. The molecule has 0 amide bonds. The Morgan fingerprint density at radius 1 is 1.14 bits per heavy atom. The lowest BCUT2D eigenvalue weighted by Gasteiger charge is -2.01. The van der Waals surface area contributed by atoms with Crippen LogP contribution < -0.4 is 5.73 Å². The smallest absolute Gasteiger partial charge is 0.257 e. The van der Waals surface area contributed by atoms with Crippen LogP contribution in [-0.4, -0.2) is 10.1 Å². The quantitative estimate of drug-likeness (QED) is 0.749. The van der Waals surface area contributed by atoms with Gasteiger partial charge in [0.1, 0.15) is 5.82 Å². The Bertz CT molecular complexity index is 751.